The Labute approximate surface area is 125 Å². The minimum atomic E-state index is -1.13. The molecule has 1 unspecified atom stereocenters. The lowest BCUT2D eigenvalue weighted by atomic mass is 10.1. The molecule has 108 valence electrons. The number of aromatic nitrogens is 2. The molecular formula is C14H16BrFN2O2. The maximum atomic E-state index is 14.1. The van der Waals surface area contributed by atoms with E-state index in [9.17, 15) is 9.50 Å². The van der Waals surface area contributed by atoms with Crippen LogP contribution in [0, 0.1) is 5.82 Å². The van der Waals surface area contributed by atoms with Crippen LogP contribution in [0.2, 0.25) is 0 Å². The molecule has 0 radical (unpaired) electrons. The summed E-state index contributed by atoms with van der Waals surface area (Å²) >= 11 is 3.12. The highest BCUT2D eigenvalue weighted by Crippen LogP contribution is 2.33. The Morgan fingerprint density at radius 3 is 2.90 bits per heavy atom. The zero-order valence-corrected chi connectivity index (χ0v) is 12.9. The van der Waals surface area contributed by atoms with Gasteiger partial charge in [0.05, 0.1) is 17.8 Å². The molecule has 0 saturated carbocycles. The van der Waals surface area contributed by atoms with E-state index in [2.05, 4.69) is 21.0 Å². The summed E-state index contributed by atoms with van der Waals surface area (Å²) in [5.41, 5.74) is 0.655. The molecule has 20 heavy (non-hydrogen) atoms. The van der Waals surface area contributed by atoms with E-state index in [1.54, 1.807) is 22.9 Å². The van der Waals surface area contributed by atoms with Crippen molar-refractivity contribution in [2.75, 3.05) is 7.11 Å². The van der Waals surface area contributed by atoms with Gasteiger partial charge in [-0.15, -0.1) is 0 Å². The third kappa shape index (κ3) is 2.71. The Morgan fingerprint density at radius 1 is 1.50 bits per heavy atom. The van der Waals surface area contributed by atoms with Gasteiger partial charge in [-0.25, -0.2) is 4.39 Å². The van der Waals surface area contributed by atoms with Crippen LogP contribution in [-0.4, -0.2) is 22.0 Å². The van der Waals surface area contributed by atoms with Crippen molar-refractivity contribution in [2.24, 2.45) is 0 Å². The highest BCUT2D eigenvalue weighted by Gasteiger charge is 2.24. The minimum Gasteiger partial charge on any atom is -0.493 e. The summed E-state index contributed by atoms with van der Waals surface area (Å²) < 4.78 is 21.3. The molecule has 0 amide bonds. The zero-order valence-electron chi connectivity index (χ0n) is 11.3. The van der Waals surface area contributed by atoms with Crippen LogP contribution < -0.4 is 4.74 Å². The molecule has 4 nitrogen and oxygen atoms in total. The van der Waals surface area contributed by atoms with Gasteiger partial charge in [-0.3, -0.25) is 4.68 Å². The lowest BCUT2D eigenvalue weighted by Crippen LogP contribution is -2.12. The molecule has 1 aromatic carbocycles. The molecule has 2 aromatic rings. The Balaban J connectivity index is 2.49. The topological polar surface area (TPSA) is 47.3 Å². The predicted octanol–water partition coefficient (Wildman–Crippen LogP) is 3.29. The van der Waals surface area contributed by atoms with Crippen LogP contribution in [0.1, 0.15) is 30.7 Å². The zero-order chi connectivity index (χ0) is 14.7. The van der Waals surface area contributed by atoms with Crippen LogP contribution >= 0.6 is 15.9 Å². The minimum absolute atomic E-state index is 0.190. The quantitative estimate of drug-likeness (QED) is 0.906. The van der Waals surface area contributed by atoms with Gasteiger partial charge < -0.3 is 9.84 Å². The molecule has 0 fully saturated rings. The summed E-state index contributed by atoms with van der Waals surface area (Å²) in [6, 6.07) is 4.82. The lowest BCUT2D eigenvalue weighted by Gasteiger charge is -2.16. The lowest BCUT2D eigenvalue weighted by molar-refractivity contribution is 0.197. The molecule has 1 atom stereocenters. The van der Waals surface area contributed by atoms with Crippen LogP contribution in [0.5, 0.6) is 5.75 Å². The van der Waals surface area contributed by atoms with Crippen molar-refractivity contribution < 1.29 is 14.2 Å². The highest BCUT2D eigenvalue weighted by molar-refractivity contribution is 9.10. The van der Waals surface area contributed by atoms with E-state index in [1.807, 2.05) is 6.92 Å². The Bertz CT molecular complexity index is 601. The van der Waals surface area contributed by atoms with Crippen molar-refractivity contribution in [2.45, 2.75) is 26.0 Å². The third-order valence-electron chi connectivity index (χ3n) is 3.04. The van der Waals surface area contributed by atoms with Crippen LogP contribution in [0.4, 0.5) is 4.39 Å². The van der Waals surface area contributed by atoms with E-state index in [4.69, 9.17) is 4.74 Å². The second-order valence-electron chi connectivity index (χ2n) is 4.37. The standard InChI is InChI=1S/C14H16BrFN2O2/c1-3-7-18-13(11(20-2)8-17-18)14(19)9-5-4-6-10(15)12(9)16/h4-6,8,14,19H,3,7H2,1-2H3. The van der Waals surface area contributed by atoms with Crippen LogP contribution in [0.3, 0.4) is 0 Å². The molecule has 0 aliphatic heterocycles. The molecule has 0 aliphatic carbocycles. The predicted molar refractivity (Wildman–Crippen MR) is 77.2 cm³/mol. The summed E-state index contributed by atoms with van der Waals surface area (Å²) in [5, 5.41) is 14.7. The van der Waals surface area contributed by atoms with E-state index >= 15 is 0 Å². The number of aliphatic hydroxyl groups is 1. The van der Waals surface area contributed by atoms with Gasteiger partial charge in [0.25, 0.3) is 0 Å². The van der Waals surface area contributed by atoms with Gasteiger partial charge in [0.15, 0.2) is 5.75 Å². The van der Waals surface area contributed by atoms with Crippen molar-refractivity contribution in [1.82, 2.24) is 9.78 Å². The van der Waals surface area contributed by atoms with Gasteiger partial charge in [-0.1, -0.05) is 19.1 Å². The fourth-order valence-electron chi connectivity index (χ4n) is 2.08. The van der Waals surface area contributed by atoms with E-state index < -0.39 is 11.9 Å². The van der Waals surface area contributed by atoms with Crippen molar-refractivity contribution >= 4 is 15.9 Å². The first-order chi connectivity index (χ1) is 9.60. The van der Waals surface area contributed by atoms with Gasteiger partial charge in [0.1, 0.15) is 17.6 Å². The van der Waals surface area contributed by atoms with Crippen LogP contribution in [0.25, 0.3) is 0 Å². The monoisotopic (exact) mass is 342 g/mol. The Morgan fingerprint density at radius 2 is 2.25 bits per heavy atom. The molecule has 6 heteroatoms. The largest absolute Gasteiger partial charge is 0.493 e. The number of ether oxygens (including phenoxy) is 1. The molecule has 1 heterocycles. The summed E-state index contributed by atoms with van der Waals surface area (Å²) in [7, 11) is 1.50. The van der Waals surface area contributed by atoms with Crippen molar-refractivity contribution in [3.8, 4) is 5.75 Å². The maximum Gasteiger partial charge on any atom is 0.163 e. The molecular weight excluding hydrogens is 327 g/mol. The van der Waals surface area contributed by atoms with Gasteiger partial charge in [0, 0.05) is 12.1 Å². The number of methoxy groups -OCH3 is 1. The van der Waals surface area contributed by atoms with E-state index in [0.29, 0.717) is 22.5 Å². The number of aliphatic hydroxyl groups excluding tert-OH is 1. The number of aryl methyl sites for hydroxylation is 1. The van der Waals surface area contributed by atoms with E-state index in [1.165, 1.54) is 13.3 Å². The molecule has 0 saturated heterocycles. The number of benzene rings is 1. The van der Waals surface area contributed by atoms with Crippen molar-refractivity contribution in [3.63, 3.8) is 0 Å². The third-order valence-corrected chi connectivity index (χ3v) is 3.65. The summed E-state index contributed by atoms with van der Waals surface area (Å²) in [6.45, 7) is 2.63. The van der Waals surface area contributed by atoms with E-state index in [-0.39, 0.29) is 5.56 Å². The first kappa shape index (κ1) is 15.0. The van der Waals surface area contributed by atoms with Crippen molar-refractivity contribution in [3.05, 3.63) is 45.9 Å². The first-order valence-corrected chi connectivity index (χ1v) is 7.11. The second kappa shape index (κ2) is 6.37. The van der Waals surface area contributed by atoms with Gasteiger partial charge in [-0.05, 0) is 28.4 Å². The molecule has 1 N–H and O–H groups in total. The summed E-state index contributed by atoms with van der Waals surface area (Å²) in [6.07, 6.45) is 1.26. The molecule has 0 aliphatic rings. The molecule has 0 bridgehead atoms. The fraction of sp³-hybridized carbons (Fsp3) is 0.357. The molecule has 0 spiro atoms. The average molecular weight is 343 g/mol. The average Bonchev–Trinajstić information content (AvgIpc) is 2.84. The maximum absolute atomic E-state index is 14.1. The number of halogens is 2. The van der Waals surface area contributed by atoms with Gasteiger partial charge in [-0.2, -0.15) is 5.10 Å². The molecule has 2 rings (SSSR count). The second-order valence-corrected chi connectivity index (χ2v) is 5.22. The van der Waals surface area contributed by atoms with E-state index in [0.717, 1.165) is 6.42 Å². The normalized spacial score (nSPS) is 12.4. The highest BCUT2D eigenvalue weighted by atomic mass is 79.9. The fourth-order valence-corrected chi connectivity index (χ4v) is 2.46. The van der Waals surface area contributed by atoms with Gasteiger partial charge in [0.2, 0.25) is 0 Å². The number of rotatable bonds is 5. The van der Waals surface area contributed by atoms with Crippen molar-refractivity contribution in [1.29, 1.82) is 0 Å². The number of nitrogens with zero attached hydrogens (tertiary/aromatic N) is 2. The van der Waals surface area contributed by atoms with Crippen LogP contribution in [0.15, 0.2) is 28.9 Å². The molecule has 1 aromatic heterocycles. The first-order valence-electron chi connectivity index (χ1n) is 6.31. The van der Waals surface area contributed by atoms with Crippen LogP contribution in [-0.2, 0) is 6.54 Å². The Hall–Kier alpha value is -1.40. The van der Waals surface area contributed by atoms with Gasteiger partial charge >= 0.3 is 0 Å². The summed E-state index contributed by atoms with van der Waals surface area (Å²) in [4.78, 5) is 0. The SMILES string of the molecule is CCCn1ncc(OC)c1C(O)c1cccc(Br)c1F. The summed E-state index contributed by atoms with van der Waals surface area (Å²) in [5.74, 6) is -0.0309. The number of hydrogen-bond donors (Lipinski definition) is 1. The smallest absolute Gasteiger partial charge is 0.163 e. The Kier molecular flexibility index (Phi) is 4.77. The number of hydrogen-bond acceptors (Lipinski definition) is 3.